The van der Waals surface area contributed by atoms with Gasteiger partial charge in [0.25, 0.3) is 0 Å². The van der Waals surface area contributed by atoms with Gasteiger partial charge >= 0.3 is 0 Å². The zero-order chi connectivity index (χ0) is 17.3. The Morgan fingerprint density at radius 2 is 1.35 bits per heavy atom. The van der Waals surface area contributed by atoms with Gasteiger partial charge in [-0.15, -0.1) is 0 Å². The van der Waals surface area contributed by atoms with E-state index >= 15 is 0 Å². The smallest absolute Gasteiger partial charge is 0.184 e. The fourth-order valence-electron chi connectivity index (χ4n) is 2.77. The highest BCUT2D eigenvalue weighted by molar-refractivity contribution is 4.92. The molecule has 10 atom stereocenters. The van der Waals surface area contributed by atoms with Crippen LogP contribution in [0.25, 0.3) is 0 Å². The third kappa shape index (κ3) is 3.66. The molecule has 0 saturated carbocycles. The molecule has 0 amide bonds. The summed E-state index contributed by atoms with van der Waals surface area (Å²) in [7, 11) is 0. The van der Waals surface area contributed by atoms with E-state index in [2.05, 4.69) is 0 Å². The van der Waals surface area contributed by atoms with Gasteiger partial charge in [0.05, 0.1) is 19.3 Å². The number of aliphatic hydroxyl groups is 7. The van der Waals surface area contributed by atoms with Crippen LogP contribution in [0.4, 0.5) is 0 Å². The highest BCUT2D eigenvalue weighted by Gasteiger charge is 2.49. The van der Waals surface area contributed by atoms with Crippen LogP contribution in [-0.4, -0.2) is 104 Å². The van der Waals surface area contributed by atoms with Crippen LogP contribution < -0.4 is 0 Å². The zero-order valence-corrected chi connectivity index (χ0v) is 12.5. The first-order valence-corrected chi connectivity index (χ1v) is 7.40. The van der Waals surface area contributed by atoms with Gasteiger partial charge in [0, 0.05) is 5.92 Å². The topological polar surface area (TPSA) is 169 Å². The monoisotopic (exact) mass is 340 g/mol. The van der Waals surface area contributed by atoms with Crippen LogP contribution in [0.1, 0.15) is 6.92 Å². The van der Waals surface area contributed by atoms with E-state index in [4.69, 9.17) is 19.3 Å². The fraction of sp³-hybridized carbons (Fsp3) is 1.00. The van der Waals surface area contributed by atoms with Crippen molar-refractivity contribution in [2.45, 2.75) is 62.2 Å². The van der Waals surface area contributed by atoms with Crippen LogP contribution in [0.3, 0.4) is 0 Å². The minimum atomic E-state index is -1.70. The molecular weight excluding hydrogens is 316 g/mol. The Labute approximate surface area is 132 Å². The lowest BCUT2D eigenvalue weighted by molar-refractivity contribution is -0.351. The molecule has 0 aromatic heterocycles. The summed E-state index contributed by atoms with van der Waals surface area (Å²) in [6.07, 6.45) is -12.2. The van der Waals surface area contributed by atoms with Crippen LogP contribution in [0.15, 0.2) is 0 Å². The fourth-order valence-corrected chi connectivity index (χ4v) is 2.77. The van der Waals surface area contributed by atoms with E-state index in [-0.39, 0.29) is 0 Å². The van der Waals surface area contributed by atoms with Crippen LogP contribution in [0.2, 0.25) is 0 Å². The first kappa shape index (κ1) is 18.9. The Bertz CT molecular complexity index is 380. The molecule has 0 radical (unpaired) electrons. The van der Waals surface area contributed by atoms with Gasteiger partial charge < -0.3 is 50.0 Å². The molecule has 0 spiro atoms. The molecule has 136 valence electrons. The molecule has 0 aromatic carbocycles. The number of hydrogen-bond acceptors (Lipinski definition) is 10. The highest BCUT2D eigenvalue weighted by Crippen LogP contribution is 2.30. The summed E-state index contributed by atoms with van der Waals surface area (Å²) in [5.74, 6) is -0.696. The first-order valence-electron chi connectivity index (χ1n) is 7.40. The lowest BCUT2D eigenvalue weighted by Crippen LogP contribution is -2.63. The number of ether oxygens (including phenoxy) is 3. The number of aliphatic hydroxyl groups excluding tert-OH is 7. The zero-order valence-electron chi connectivity index (χ0n) is 12.5. The normalized spacial score (nSPS) is 51.7. The molecule has 6 unspecified atom stereocenters. The molecule has 2 aliphatic rings. The summed E-state index contributed by atoms with van der Waals surface area (Å²) in [6, 6.07) is 0. The Hall–Kier alpha value is -0.400. The van der Waals surface area contributed by atoms with Gasteiger partial charge in [-0.2, -0.15) is 0 Å². The molecule has 2 saturated heterocycles. The molecule has 10 heteroatoms. The van der Waals surface area contributed by atoms with Crippen molar-refractivity contribution in [3.8, 4) is 0 Å². The van der Waals surface area contributed by atoms with Crippen molar-refractivity contribution < 1.29 is 50.0 Å². The summed E-state index contributed by atoms with van der Waals surface area (Å²) < 4.78 is 15.5. The van der Waals surface area contributed by atoms with E-state index in [0.29, 0.717) is 0 Å². The minimum absolute atomic E-state index is 0.515. The summed E-state index contributed by atoms with van der Waals surface area (Å²) in [5, 5.41) is 67.9. The Morgan fingerprint density at radius 1 is 0.783 bits per heavy atom. The third-order valence-corrected chi connectivity index (χ3v) is 4.36. The Balaban J connectivity index is 2.11. The van der Waals surface area contributed by atoms with Crippen LogP contribution in [0, 0.1) is 5.92 Å². The molecule has 2 rings (SSSR count). The summed E-state index contributed by atoms with van der Waals surface area (Å²) in [5.41, 5.74) is 0. The van der Waals surface area contributed by atoms with Crippen molar-refractivity contribution in [3.63, 3.8) is 0 Å². The summed E-state index contributed by atoms with van der Waals surface area (Å²) >= 11 is 0. The van der Waals surface area contributed by atoms with Gasteiger partial charge in [-0.05, 0) is 0 Å². The van der Waals surface area contributed by atoms with Crippen molar-refractivity contribution in [3.05, 3.63) is 0 Å². The van der Waals surface area contributed by atoms with E-state index in [1.807, 2.05) is 0 Å². The second-order valence-electron chi connectivity index (χ2n) is 5.90. The van der Waals surface area contributed by atoms with E-state index in [1.54, 1.807) is 0 Å². The average molecular weight is 340 g/mol. The van der Waals surface area contributed by atoms with Crippen molar-refractivity contribution in [1.29, 1.82) is 0 Å². The van der Waals surface area contributed by atoms with E-state index < -0.39 is 74.4 Å². The van der Waals surface area contributed by atoms with E-state index in [1.165, 1.54) is 6.92 Å². The quantitative estimate of drug-likeness (QED) is 0.267. The second-order valence-corrected chi connectivity index (χ2v) is 5.90. The van der Waals surface area contributed by atoms with Gasteiger partial charge in [0.2, 0.25) is 0 Å². The molecule has 10 nitrogen and oxygen atoms in total. The van der Waals surface area contributed by atoms with Gasteiger partial charge in [-0.1, -0.05) is 6.92 Å². The number of rotatable bonds is 4. The van der Waals surface area contributed by atoms with Gasteiger partial charge in [-0.3, -0.25) is 0 Å². The summed E-state index contributed by atoms with van der Waals surface area (Å²) in [6.45, 7) is 0.394. The molecule has 2 fully saturated rings. The van der Waals surface area contributed by atoms with Crippen molar-refractivity contribution in [1.82, 2.24) is 0 Å². The SMILES string of the molecule is CC1C(O)[C@H](OC2C(O)[C@H](O)OC(CO)[C@H]2O)OC(CO)[C@H]1O. The molecule has 7 N–H and O–H groups in total. The first-order chi connectivity index (χ1) is 10.8. The van der Waals surface area contributed by atoms with Crippen LogP contribution in [0.5, 0.6) is 0 Å². The van der Waals surface area contributed by atoms with E-state index in [0.717, 1.165) is 0 Å². The predicted molar refractivity (Wildman–Crippen MR) is 71.8 cm³/mol. The molecule has 0 aromatic rings. The van der Waals surface area contributed by atoms with Gasteiger partial charge in [0.15, 0.2) is 12.6 Å². The molecule has 2 heterocycles. The molecule has 2 aliphatic heterocycles. The maximum atomic E-state index is 10.1. The second kappa shape index (κ2) is 7.66. The lowest BCUT2D eigenvalue weighted by atomic mass is 9.90. The largest absolute Gasteiger partial charge is 0.394 e. The van der Waals surface area contributed by atoms with Gasteiger partial charge in [-0.25, -0.2) is 0 Å². The van der Waals surface area contributed by atoms with Crippen LogP contribution >= 0.6 is 0 Å². The molecule has 0 aliphatic carbocycles. The van der Waals surface area contributed by atoms with Crippen molar-refractivity contribution in [2.75, 3.05) is 13.2 Å². The van der Waals surface area contributed by atoms with E-state index in [9.17, 15) is 30.6 Å². The highest BCUT2D eigenvalue weighted by atomic mass is 16.7. The Kier molecular flexibility index (Phi) is 6.30. The molecule has 23 heavy (non-hydrogen) atoms. The number of hydrogen-bond donors (Lipinski definition) is 7. The average Bonchev–Trinajstić information content (AvgIpc) is 2.54. The standard InChI is InChI=1S/C13H24O10/c1-4-7(16)5(2-14)22-13(8(4)17)23-11-9(18)6(3-15)21-12(20)10(11)19/h4-20H,2-3H2,1H3/t4?,5?,6?,7-,8?,9+,10?,11?,12+,13-/m0/s1. The molecule has 0 bridgehead atoms. The predicted octanol–water partition coefficient (Wildman–Crippen LogP) is -4.12. The maximum absolute atomic E-state index is 10.1. The van der Waals surface area contributed by atoms with Gasteiger partial charge in [0.1, 0.15) is 36.6 Å². The van der Waals surface area contributed by atoms with Crippen LogP contribution in [-0.2, 0) is 14.2 Å². The third-order valence-electron chi connectivity index (χ3n) is 4.36. The Morgan fingerprint density at radius 3 is 1.91 bits per heavy atom. The van der Waals surface area contributed by atoms with Crippen molar-refractivity contribution in [2.24, 2.45) is 5.92 Å². The molecular formula is C13H24O10. The van der Waals surface area contributed by atoms with Crippen molar-refractivity contribution >= 4 is 0 Å². The maximum Gasteiger partial charge on any atom is 0.184 e. The lowest BCUT2D eigenvalue weighted by Gasteiger charge is -2.45. The minimum Gasteiger partial charge on any atom is -0.394 e. The summed E-state index contributed by atoms with van der Waals surface area (Å²) in [4.78, 5) is 0.